The van der Waals surface area contributed by atoms with Crippen LogP contribution in [0.1, 0.15) is 58.8 Å². The van der Waals surface area contributed by atoms with E-state index in [1.807, 2.05) is 39.8 Å². The Balaban J connectivity index is 2.12. The molecule has 1 fully saturated rings. The van der Waals surface area contributed by atoms with Crippen LogP contribution < -0.4 is 5.46 Å². The Bertz CT molecular complexity index is 891. The number of nitrogens with zero attached hydrogens (tertiary/aromatic N) is 1. The molecule has 0 bridgehead atoms. The summed E-state index contributed by atoms with van der Waals surface area (Å²) in [6.45, 7) is 13.3. The molecule has 0 amide bonds. The van der Waals surface area contributed by atoms with Gasteiger partial charge in [-0.1, -0.05) is 12.1 Å². The molecule has 144 valence electrons. The molecule has 1 aromatic heterocycles. The maximum absolute atomic E-state index is 12.6. The lowest BCUT2D eigenvalue weighted by molar-refractivity contribution is 0.00578. The number of ether oxygens (including phenoxy) is 1. The minimum atomic E-state index is -0.641. The maximum atomic E-state index is 12.6. The molecule has 1 saturated heterocycles. The number of carbonyl (C=O) groups is 2. The van der Waals surface area contributed by atoms with Crippen molar-refractivity contribution in [3.63, 3.8) is 0 Å². The molecule has 0 aliphatic carbocycles. The van der Waals surface area contributed by atoms with E-state index in [1.165, 1.54) is 10.8 Å². The number of hydrogen-bond donors (Lipinski definition) is 0. The molecule has 6 nitrogen and oxygen atoms in total. The number of benzene rings is 1. The van der Waals surface area contributed by atoms with E-state index in [2.05, 4.69) is 0 Å². The first-order chi connectivity index (χ1) is 12.4. The number of aromatic nitrogens is 1. The van der Waals surface area contributed by atoms with Crippen molar-refractivity contribution in [3.8, 4) is 0 Å². The molecule has 3 rings (SSSR count). The number of hydrogen-bond acceptors (Lipinski definition) is 5. The molecule has 1 aromatic carbocycles. The number of aldehydes is 1. The summed E-state index contributed by atoms with van der Waals surface area (Å²) in [6, 6.07) is 5.45. The molecule has 0 atom stereocenters. The van der Waals surface area contributed by atoms with Gasteiger partial charge in [0.2, 0.25) is 0 Å². The monoisotopic (exact) mass is 371 g/mol. The Morgan fingerprint density at radius 1 is 1.15 bits per heavy atom. The van der Waals surface area contributed by atoms with E-state index in [1.54, 1.807) is 26.8 Å². The van der Waals surface area contributed by atoms with Crippen LogP contribution in [-0.2, 0) is 14.0 Å². The minimum Gasteiger partial charge on any atom is -0.443 e. The van der Waals surface area contributed by atoms with Crippen LogP contribution in [0.15, 0.2) is 24.4 Å². The second kappa shape index (κ2) is 6.21. The second-order valence-electron chi connectivity index (χ2n) is 8.88. The Morgan fingerprint density at radius 3 is 2.26 bits per heavy atom. The van der Waals surface area contributed by atoms with Crippen molar-refractivity contribution in [2.75, 3.05) is 0 Å². The molecule has 2 aromatic rings. The summed E-state index contributed by atoms with van der Waals surface area (Å²) in [6.07, 6.45) is 1.70. The number of carbonyl (C=O) groups excluding carboxylic acids is 2. The summed E-state index contributed by atoms with van der Waals surface area (Å²) in [5.41, 5.74) is 0.0395. The predicted octanol–water partition coefficient (Wildman–Crippen LogP) is 3.54. The van der Waals surface area contributed by atoms with E-state index >= 15 is 0 Å². The fraction of sp³-hybridized carbons (Fsp3) is 0.500. The van der Waals surface area contributed by atoms with Crippen LogP contribution in [0.4, 0.5) is 4.79 Å². The van der Waals surface area contributed by atoms with Crippen molar-refractivity contribution in [2.45, 2.75) is 65.3 Å². The van der Waals surface area contributed by atoms with E-state index in [4.69, 9.17) is 14.0 Å². The Labute approximate surface area is 159 Å². The van der Waals surface area contributed by atoms with Gasteiger partial charge in [0.25, 0.3) is 0 Å². The highest BCUT2D eigenvalue weighted by molar-refractivity contribution is 6.65. The fourth-order valence-corrected chi connectivity index (χ4v) is 3.06. The molecule has 7 heteroatoms. The van der Waals surface area contributed by atoms with Crippen LogP contribution >= 0.6 is 0 Å². The Kier molecular flexibility index (Phi) is 4.52. The number of fused-ring (bicyclic) bond motifs is 1. The van der Waals surface area contributed by atoms with Crippen LogP contribution in [0.25, 0.3) is 10.9 Å². The van der Waals surface area contributed by atoms with E-state index in [0.29, 0.717) is 16.5 Å². The average molecular weight is 371 g/mol. The molecule has 0 unspecified atom stereocenters. The molecule has 1 aliphatic rings. The van der Waals surface area contributed by atoms with Gasteiger partial charge < -0.3 is 14.0 Å². The zero-order valence-corrected chi connectivity index (χ0v) is 17.0. The van der Waals surface area contributed by atoms with E-state index in [-0.39, 0.29) is 0 Å². The van der Waals surface area contributed by atoms with Gasteiger partial charge >= 0.3 is 13.2 Å². The van der Waals surface area contributed by atoms with E-state index < -0.39 is 30.0 Å². The highest BCUT2D eigenvalue weighted by Crippen LogP contribution is 2.37. The fourth-order valence-electron chi connectivity index (χ4n) is 3.06. The molecular weight excluding hydrogens is 345 g/mol. The molecular formula is C20H26BNO5. The molecule has 0 spiro atoms. The smallest absolute Gasteiger partial charge is 0.443 e. The topological polar surface area (TPSA) is 66.8 Å². The van der Waals surface area contributed by atoms with Gasteiger partial charge in [0.1, 0.15) is 5.60 Å². The molecule has 0 radical (unpaired) electrons. The standard InChI is InChI=1S/C20H26BNO5/c1-18(2,3)25-17(24)22-11-13(12-23)16-14(9-8-10-15(16)22)21-26-19(4,5)20(6,7)27-21/h8-12H,1-7H3. The SMILES string of the molecule is CC(C)(C)OC(=O)n1cc(C=O)c2c(B3OC(C)(C)C(C)(C)O3)cccc21. The lowest BCUT2D eigenvalue weighted by Crippen LogP contribution is -2.41. The Morgan fingerprint density at radius 2 is 1.74 bits per heavy atom. The predicted molar refractivity (Wildman–Crippen MR) is 105 cm³/mol. The van der Waals surface area contributed by atoms with Crippen molar-refractivity contribution < 1.29 is 23.6 Å². The quantitative estimate of drug-likeness (QED) is 0.597. The third-order valence-electron chi connectivity index (χ3n) is 5.12. The summed E-state index contributed by atoms with van der Waals surface area (Å²) < 4.78 is 19.1. The lowest BCUT2D eigenvalue weighted by Gasteiger charge is -2.32. The van der Waals surface area contributed by atoms with Crippen LogP contribution in [0, 0.1) is 0 Å². The molecule has 27 heavy (non-hydrogen) atoms. The van der Waals surface area contributed by atoms with Gasteiger partial charge in [0, 0.05) is 17.1 Å². The lowest BCUT2D eigenvalue weighted by atomic mass is 9.76. The van der Waals surface area contributed by atoms with Gasteiger partial charge in [-0.2, -0.15) is 0 Å². The first-order valence-corrected chi connectivity index (χ1v) is 9.04. The van der Waals surface area contributed by atoms with Gasteiger partial charge in [-0.25, -0.2) is 4.79 Å². The highest BCUT2D eigenvalue weighted by Gasteiger charge is 2.52. The van der Waals surface area contributed by atoms with Gasteiger partial charge in [-0.3, -0.25) is 9.36 Å². The van der Waals surface area contributed by atoms with Crippen molar-refractivity contribution in [3.05, 3.63) is 30.0 Å². The summed E-state index contributed by atoms with van der Waals surface area (Å²) in [7, 11) is -0.633. The summed E-state index contributed by atoms with van der Waals surface area (Å²) >= 11 is 0. The zero-order valence-electron chi connectivity index (χ0n) is 17.0. The second-order valence-corrected chi connectivity index (χ2v) is 8.88. The van der Waals surface area contributed by atoms with Gasteiger partial charge in [0.15, 0.2) is 6.29 Å². The first-order valence-electron chi connectivity index (χ1n) is 9.04. The third kappa shape index (κ3) is 3.41. The van der Waals surface area contributed by atoms with Crippen molar-refractivity contribution >= 4 is 35.9 Å². The van der Waals surface area contributed by atoms with Gasteiger partial charge in [-0.05, 0) is 60.0 Å². The minimum absolute atomic E-state index is 0.390. The summed E-state index contributed by atoms with van der Waals surface area (Å²) in [4.78, 5) is 24.3. The highest BCUT2D eigenvalue weighted by atomic mass is 16.7. The molecule has 0 saturated carbocycles. The largest absolute Gasteiger partial charge is 0.495 e. The van der Waals surface area contributed by atoms with Crippen LogP contribution in [0.3, 0.4) is 0 Å². The molecule has 0 N–H and O–H groups in total. The maximum Gasteiger partial charge on any atom is 0.495 e. The number of rotatable bonds is 2. The van der Waals surface area contributed by atoms with Crippen LogP contribution in [0.5, 0.6) is 0 Å². The van der Waals surface area contributed by atoms with Gasteiger partial charge in [-0.15, -0.1) is 0 Å². The van der Waals surface area contributed by atoms with Crippen molar-refractivity contribution in [1.82, 2.24) is 4.57 Å². The third-order valence-corrected chi connectivity index (χ3v) is 5.12. The summed E-state index contributed by atoms with van der Waals surface area (Å²) in [5.74, 6) is 0. The molecule has 1 aliphatic heterocycles. The van der Waals surface area contributed by atoms with Crippen LogP contribution in [-0.4, -0.2) is 40.9 Å². The average Bonchev–Trinajstić information content (AvgIpc) is 3.00. The molecule has 2 heterocycles. The van der Waals surface area contributed by atoms with Crippen molar-refractivity contribution in [1.29, 1.82) is 0 Å². The van der Waals surface area contributed by atoms with Gasteiger partial charge in [0.05, 0.1) is 16.7 Å². The van der Waals surface area contributed by atoms with E-state index in [9.17, 15) is 9.59 Å². The Hall–Kier alpha value is -2.12. The zero-order chi connectivity index (χ0) is 20.2. The van der Waals surface area contributed by atoms with Crippen molar-refractivity contribution in [2.24, 2.45) is 0 Å². The summed E-state index contributed by atoms with van der Waals surface area (Å²) in [5, 5.41) is 0.636. The normalized spacial score (nSPS) is 18.7. The van der Waals surface area contributed by atoms with Crippen LogP contribution in [0.2, 0.25) is 0 Å². The first kappa shape index (κ1) is 19.6. The van der Waals surface area contributed by atoms with E-state index in [0.717, 1.165) is 11.7 Å².